The van der Waals surface area contributed by atoms with Gasteiger partial charge in [-0.25, -0.2) is 4.68 Å². The van der Waals surface area contributed by atoms with Gasteiger partial charge in [0.25, 0.3) is 5.91 Å². The molecule has 1 amide bonds. The zero-order valence-corrected chi connectivity index (χ0v) is 11.6. The molecule has 106 valence electrons. The summed E-state index contributed by atoms with van der Waals surface area (Å²) in [6.45, 7) is 2.43. The molecule has 0 bridgehead atoms. The van der Waals surface area contributed by atoms with Gasteiger partial charge in [0.1, 0.15) is 5.52 Å². The Morgan fingerprint density at radius 1 is 1.29 bits per heavy atom. The third kappa shape index (κ3) is 2.31. The van der Waals surface area contributed by atoms with Crippen molar-refractivity contribution in [3.8, 4) is 5.69 Å². The molecule has 3 N–H and O–H groups in total. The Labute approximate surface area is 121 Å². The molecular formula is C15H15N5O. The van der Waals surface area contributed by atoms with Crippen LogP contribution in [-0.2, 0) is 0 Å². The summed E-state index contributed by atoms with van der Waals surface area (Å²) in [5.74, 6) is -0.160. The van der Waals surface area contributed by atoms with E-state index in [-0.39, 0.29) is 5.91 Å². The fourth-order valence-electron chi connectivity index (χ4n) is 2.22. The van der Waals surface area contributed by atoms with E-state index in [1.165, 1.54) is 0 Å². The second kappa shape index (κ2) is 5.24. The zero-order chi connectivity index (χ0) is 14.8. The van der Waals surface area contributed by atoms with Gasteiger partial charge < -0.3 is 11.1 Å². The molecule has 6 heteroatoms. The first-order valence-electron chi connectivity index (χ1n) is 6.69. The van der Waals surface area contributed by atoms with Crippen LogP contribution in [0.25, 0.3) is 16.7 Å². The number of carbonyl (C=O) groups is 1. The van der Waals surface area contributed by atoms with Crippen molar-refractivity contribution in [3.05, 3.63) is 48.0 Å². The van der Waals surface area contributed by atoms with Crippen LogP contribution >= 0.6 is 0 Å². The Balaban J connectivity index is 2.21. The number of amides is 1. The molecular weight excluding hydrogens is 266 g/mol. The Morgan fingerprint density at radius 2 is 2.10 bits per heavy atom. The van der Waals surface area contributed by atoms with Crippen molar-refractivity contribution in [1.82, 2.24) is 20.3 Å². The van der Waals surface area contributed by atoms with Crippen LogP contribution in [0.4, 0.5) is 5.69 Å². The topological polar surface area (TPSA) is 85.8 Å². The van der Waals surface area contributed by atoms with Crippen LogP contribution in [0, 0.1) is 0 Å². The molecule has 6 nitrogen and oxygen atoms in total. The first-order chi connectivity index (χ1) is 10.2. The lowest BCUT2D eigenvalue weighted by Gasteiger charge is -2.10. The van der Waals surface area contributed by atoms with Gasteiger partial charge in [-0.15, -0.1) is 5.10 Å². The third-order valence-corrected chi connectivity index (χ3v) is 3.18. The van der Waals surface area contributed by atoms with Crippen molar-refractivity contribution in [3.63, 3.8) is 0 Å². The maximum atomic E-state index is 12.2. The molecule has 0 radical (unpaired) electrons. The lowest BCUT2D eigenvalue weighted by molar-refractivity contribution is 0.0956. The average Bonchev–Trinajstić information content (AvgIpc) is 2.91. The lowest BCUT2D eigenvalue weighted by atomic mass is 10.1. The number of nitrogen functional groups attached to an aromatic ring is 1. The van der Waals surface area contributed by atoms with Crippen molar-refractivity contribution < 1.29 is 4.79 Å². The van der Waals surface area contributed by atoms with E-state index in [4.69, 9.17) is 5.73 Å². The van der Waals surface area contributed by atoms with Gasteiger partial charge in [0.15, 0.2) is 0 Å². The quantitative estimate of drug-likeness (QED) is 0.716. The van der Waals surface area contributed by atoms with Crippen molar-refractivity contribution >= 4 is 22.6 Å². The molecule has 21 heavy (non-hydrogen) atoms. The summed E-state index contributed by atoms with van der Waals surface area (Å²) in [5, 5.41) is 11.0. The SMILES string of the molecule is CCNC(=O)c1ccc(N)cc1-n1nnc2ccccc21. The van der Waals surface area contributed by atoms with E-state index in [1.807, 2.05) is 31.2 Å². The predicted octanol–water partition coefficient (Wildman–Crippen LogP) is 1.75. The molecule has 0 aliphatic heterocycles. The minimum atomic E-state index is -0.160. The Bertz CT molecular complexity index is 809. The summed E-state index contributed by atoms with van der Waals surface area (Å²) in [6.07, 6.45) is 0. The summed E-state index contributed by atoms with van der Waals surface area (Å²) in [5.41, 5.74) is 9.15. The Morgan fingerprint density at radius 3 is 2.90 bits per heavy atom. The van der Waals surface area contributed by atoms with Crippen LogP contribution in [0.1, 0.15) is 17.3 Å². The maximum absolute atomic E-state index is 12.2. The van der Waals surface area contributed by atoms with E-state index in [2.05, 4.69) is 15.6 Å². The molecule has 0 atom stereocenters. The number of anilines is 1. The minimum Gasteiger partial charge on any atom is -0.399 e. The van der Waals surface area contributed by atoms with E-state index in [1.54, 1.807) is 22.9 Å². The minimum absolute atomic E-state index is 0.160. The third-order valence-electron chi connectivity index (χ3n) is 3.18. The van der Waals surface area contributed by atoms with E-state index in [9.17, 15) is 4.79 Å². The van der Waals surface area contributed by atoms with Crippen LogP contribution in [0.3, 0.4) is 0 Å². The van der Waals surface area contributed by atoms with Crippen LogP contribution < -0.4 is 11.1 Å². The van der Waals surface area contributed by atoms with Gasteiger partial charge in [-0.3, -0.25) is 4.79 Å². The number of para-hydroxylation sites is 1. The second-order valence-electron chi connectivity index (χ2n) is 4.63. The highest BCUT2D eigenvalue weighted by atomic mass is 16.1. The standard InChI is InChI=1S/C15H15N5O/c1-2-17-15(21)11-8-7-10(16)9-14(11)20-13-6-4-3-5-12(13)18-19-20/h3-9H,2,16H2,1H3,(H,17,21). The van der Waals surface area contributed by atoms with Gasteiger partial charge in [-0.2, -0.15) is 0 Å². The Hall–Kier alpha value is -2.89. The van der Waals surface area contributed by atoms with Crippen LogP contribution in [0.15, 0.2) is 42.5 Å². The molecule has 0 fully saturated rings. The van der Waals surface area contributed by atoms with Gasteiger partial charge in [-0.1, -0.05) is 17.3 Å². The van der Waals surface area contributed by atoms with E-state index in [0.717, 1.165) is 11.0 Å². The number of hydrogen-bond acceptors (Lipinski definition) is 4. The first-order valence-corrected chi connectivity index (χ1v) is 6.69. The molecule has 1 heterocycles. The molecule has 3 rings (SSSR count). The lowest BCUT2D eigenvalue weighted by Crippen LogP contribution is -2.24. The molecule has 3 aromatic rings. The molecule has 0 unspecified atom stereocenters. The van der Waals surface area contributed by atoms with Crippen LogP contribution in [0.2, 0.25) is 0 Å². The second-order valence-corrected chi connectivity index (χ2v) is 4.63. The number of fused-ring (bicyclic) bond motifs is 1. The monoisotopic (exact) mass is 281 g/mol. The summed E-state index contributed by atoms with van der Waals surface area (Å²) < 4.78 is 1.64. The summed E-state index contributed by atoms with van der Waals surface area (Å²) in [4.78, 5) is 12.2. The highest BCUT2D eigenvalue weighted by Gasteiger charge is 2.15. The molecule has 0 aliphatic rings. The number of benzene rings is 2. The van der Waals surface area contributed by atoms with E-state index >= 15 is 0 Å². The summed E-state index contributed by atoms with van der Waals surface area (Å²) in [7, 11) is 0. The largest absolute Gasteiger partial charge is 0.399 e. The number of hydrogen-bond donors (Lipinski definition) is 2. The number of carbonyl (C=O) groups excluding carboxylic acids is 1. The molecule has 0 saturated heterocycles. The molecule has 0 spiro atoms. The smallest absolute Gasteiger partial charge is 0.253 e. The normalized spacial score (nSPS) is 10.7. The molecule has 1 aromatic heterocycles. The van der Waals surface area contributed by atoms with Crippen molar-refractivity contribution in [2.75, 3.05) is 12.3 Å². The van der Waals surface area contributed by atoms with Gasteiger partial charge >= 0.3 is 0 Å². The zero-order valence-electron chi connectivity index (χ0n) is 11.6. The first kappa shape index (κ1) is 13.1. The number of nitrogens with two attached hydrogens (primary N) is 1. The number of rotatable bonds is 3. The highest BCUT2D eigenvalue weighted by Crippen LogP contribution is 2.21. The van der Waals surface area contributed by atoms with Gasteiger partial charge in [0, 0.05) is 12.2 Å². The predicted molar refractivity (Wildman–Crippen MR) is 81.3 cm³/mol. The van der Waals surface area contributed by atoms with Crippen LogP contribution in [0.5, 0.6) is 0 Å². The number of nitrogens with zero attached hydrogens (tertiary/aromatic N) is 3. The van der Waals surface area contributed by atoms with Crippen molar-refractivity contribution in [2.45, 2.75) is 6.92 Å². The van der Waals surface area contributed by atoms with E-state index in [0.29, 0.717) is 23.5 Å². The number of aromatic nitrogens is 3. The fraction of sp³-hybridized carbons (Fsp3) is 0.133. The summed E-state index contributed by atoms with van der Waals surface area (Å²) in [6, 6.07) is 12.7. The molecule has 0 saturated carbocycles. The van der Waals surface area contributed by atoms with E-state index < -0.39 is 0 Å². The average molecular weight is 281 g/mol. The fourth-order valence-corrected chi connectivity index (χ4v) is 2.22. The van der Waals surface area contributed by atoms with Crippen molar-refractivity contribution in [1.29, 1.82) is 0 Å². The maximum Gasteiger partial charge on any atom is 0.253 e. The summed E-state index contributed by atoms with van der Waals surface area (Å²) >= 11 is 0. The molecule has 0 aliphatic carbocycles. The van der Waals surface area contributed by atoms with Gasteiger partial charge in [-0.05, 0) is 37.3 Å². The van der Waals surface area contributed by atoms with Gasteiger partial charge in [0.2, 0.25) is 0 Å². The highest BCUT2D eigenvalue weighted by molar-refractivity contribution is 5.98. The van der Waals surface area contributed by atoms with Crippen molar-refractivity contribution in [2.24, 2.45) is 0 Å². The Kier molecular flexibility index (Phi) is 3.27. The molecule has 2 aromatic carbocycles. The van der Waals surface area contributed by atoms with Gasteiger partial charge in [0.05, 0.1) is 16.8 Å². The van der Waals surface area contributed by atoms with Crippen LogP contribution in [-0.4, -0.2) is 27.4 Å². The number of nitrogens with one attached hydrogen (secondary N) is 1.